The highest BCUT2D eigenvalue weighted by molar-refractivity contribution is 5.46. The number of ether oxygens (including phenoxy) is 1. The Kier molecular flexibility index (Phi) is 4.74. The Morgan fingerprint density at radius 1 is 1.22 bits per heavy atom. The third-order valence-corrected chi connectivity index (χ3v) is 3.41. The summed E-state index contributed by atoms with van der Waals surface area (Å²) in [7, 11) is 4.88. The van der Waals surface area contributed by atoms with Crippen LogP contribution in [0.25, 0.3) is 0 Å². The normalized spacial score (nSPS) is 11.7. The lowest BCUT2D eigenvalue weighted by Crippen LogP contribution is -2.17. The zero-order valence-electron chi connectivity index (χ0n) is 13.3. The van der Waals surface area contributed by atoms with Gasteiger partial charge in [-0.3, -0.25) is 0 Å². The molecule has 0 N–H and O–H groups in total. The van der Waals surface area contributed by atoms with E-state index in [1.807, 2.05) is 6.07 Å². The van der Waals surface area contributed by atoms with E-state index in [-0.39, 0.29) is 17.1 Å². The fourth-order valence-electron chi connectivity index (χ4n) is 2.23. The minimum Gasteiger partial charge on any atom is -0.481 e. The number of halogens is 2. The van der Waals surface area contributed by atoms with Crippen LogP contribution in [0.3, 0.4) is 0 Å². The highest BCUT2D eigenvalue weighted by Gasteiger charge is 2.27. The minimum atomic E-state index is -1.20. The Balaban J connectivity index is 2.72. The first-order valence-corrected chi connectivity index (χ1v) is 6.84. The van der Waals surface area contributed by atoms with Gasteiger partial charge in [-0.1, -0.05) is 6.07 Å². The number of anilines is 1. The molecule has 0 bridgehead atoms. The lowest BCUT2D eigenvalue weighted by atomic mass is 9.93. The molecule has 1 atom stereocenters. The molecule has 2 aromatic rings. The number of hydrogen-bond donors (Lipinski definition) is 0. The molecule has 0 saturated carbocycles. The number of benzene rings is 1. The van der Waals surface area contributed by atoms with Gasteiger partial charge >= 0.3 is 0 Å². The summed E-state index contributed by atoms with van der Waals surface area (Å²) in [6.07, 6.45) is 0. The van der Waals surface area contributed by atoms with Gasteiger partial charge in [0.2, 0.25) is 11.8 Å². The van der Waals surface area contributed by atoms with E-state index in [0.717, 1.165) is 12.1 Å². The van der Waals surface area contributed by atoms with Crippen molar-refractivity contribution in [3.05, 3.63) is 46.7 Å². The van der Waals surface area contributed by atoms with E-state index >= 15 is 0 Å². The molecule has 1 aromatic heterocycles. The number of nitrogens with zero attached hydrogens (tertiary/aromatic N) is 4. The summed E-state index contributed by atoms with van der Waals surface area (Å²) in [6, 6.07) is 5.41. The first-order valence-electron chi connectivity index (χ1n) is 6.84. The van der Waals surface area contributed by atoms with Gasteiger partial charge in [-0.15, -0.1) is 0 Å². The molecule has 0 amide bonds. The molecule has 0 aliphatic rings. The van der Waals surface area contributed by atoms with Gasteiger partial charge in [-0.05, 0) is 19.1 Å². The average molecular weight is 318 g/mol. The van der Waals surface area contributed by atoms with E-state index in [0.29, 0.717) is 11.5 Å². The maximum Gasteiger partial charge on any atom is 0.228 e. The van der Waals surface area contributed by atoms with Crippen LogP contribution in [0.5, 0.6) is 5.88 Å². The van der Waals surface area contributed by atoms with Gasteiger partial charge in [0.05, 0.1) is 18.9 Å². The molecule has 0 radical (unpaired) electrons. The van der Waals surface area contributed by atoms with E-state index in [1.165, 1.54) is 13.2 Å². The predicted molar refractivity (Wildman–Crippen MR) is 81.5 cm³/mol. The monoisotopic (exact) mass is 318 g/mol. The van der Waals surface area contributed by atoms with Gasteiger partial charge < -0.3 is 9.64 Å². The van der Waals surface area contributed by atoms with Crippen LogP contribution in [0, 0.1) is 29.9 Å². The van der Waals surface area contributed by atoms with Crippen LogP contribution in [0.4, 0.5) is 14.7 Å². The summed E-state index contributed by atoms with van der Waals surface area (Å²) in [5.74, 6) is -2.23. The maximum absolute atomic E-state index is 14.1. The molecule has 0 fully saturated rings. The van der Waals surface area contributed by atoms with E-state index in [4.69, 9.17) is 4.74 Å². The van der Waals surface area contributed by atoms with Crippen LogP contribution in [0.15, 0.2) is 18.2 Å². The molecule has 2 rings (SSSR count). The second-order valence-corrected chi connectivity index (χ2v) is 5.13. The molecule has 0 spiro atoms. The summed E-state index contributed by atoms with van der Waals surface area (Å²) < 4.78 is 33.3. The van der Waals surface area contributed by atoms with Crippen molar-refractivity contribution in [2.45, 2.75) is 12.8 Å². The van der Waals surface area contributed by atoms with Crippen molar-refractivity contribution in [1.82, 2.24) is 9.97 Å². The Morgan fingerprint density at radius 3 is 2.30 bits per heavy atom. The SMILES string of the molecule is COc1nc(N(C)C)nc(C(C#N)c2c(F)cccc2F)c1C. The molecule has 23 heavy (non-hydrogen) atoms. The number of rotatable bonds is 4. The highest BCUT2D eigenvalue weighted by Crippen LogP contribution is 2.33. The molecule has 0 aliphatic carbocycles. The second kappa shape index (κ2) is 6.57. The molecule has 1 aromatic carbocycles. The minimum absolute atomic E-state index is 0.215. The molecule has 1 heterocycles. The molecular formula is C16H16F2N4O. The van der Waals surface area contributed by atoms with Crippen molar-refractivity contribution in [1.29, 1.82) is 5.26 Å². The number of methoxy groups -OCH3 is 1. The molecule has 5 nitrogen and oxygen atoms in total. The molecule has 1 unspecified atom stereocenters. The third-order valence-electron chi connectivity index (χ3n) is 3.41. The molecule has 0 aliphatic heterocycles. The van der Waals surface area contributed by atoms with Crippen LogP contribution < -0.4 is 9.64 Å². The smallest absolute Gasteiger partial charge is 0.228 e. The van der Waals surface area contributed by atoms with Crippen molar-refractivity contribution in [2.75, 3.05) is 26.1 Å². The van der Waals surface area contributed by atoms with Crippen molar-refractivity contribution in [3.8, 4) is 11.9 Å². The fourth-order valence-corrected chi connectivity index (χ4v) is 2.23. The standard InChI is InChI=1S/C16H16F2N4O/c1-9-14(20-16(22(2)3)21-15(9)23-4)10(8-19)13-11(17)6-5-7-12(13)18/h5-7,10H,1-4H3. The highest BCUT2D eigenvalue weighted by atomic mass is 19.1. The Hall–Kier alpha value is -2.75. The van der Waals surface area contributed by atoms with E-state index in [1.54, 1.807) is 25.9 Å². The molecular weight excluding hydrogens is 302 g/mol. The Labute approximate surface area is 133 Å². The predicted octanol–water partition coefficient (Wildman–Crippen LogP) is 2.79. The number of aromatic nitrogens is 2. The van der Waals surface area contributed by atoms with Gasteiger partial charge in [0, 0.05) is 25.2 Å². The summed E-state index contributed by atoms with van der Waals surface area (Å²) in [5, 5.41) is 9.50. The van der Waals surface area contributed by atoms with Gasteiger partial charge in [0.25, 0.3) is 0 Å². The van der Waals surface area contributed by atoms with E-state index in [2.05, 4.69) is 9.97 Å². The first-order chi connectivity index (χ1) is 10.9. The summed E-state index contributed by atoms with van der Waals surface area (Å²) >= 11 is 0. The average Bonchev–Trinajstić information content (AvgIpc) is 2.51. The van der Waals surface area contributed by atoms with Crippen LogP contribution in [0.1, 0.15) is 22.7 Å². The zero-order valence-corrected chi connectivity index (χ0v) is 13.3. The van der Waals surface area contributed by atoms with Crippen LogP contribution in [0.2, 0.25) is 0 Å². The van der Waals surface area contributed by atoms with Gasteiger partial charge in [-0.25, -0.2) is 13.8 Å². The van der Waals surface area contributed by atoms with Gasteiger partial charge in [0.1, 0.15) is 17.6 Å². The van der Waals surface area contributed by atoms with E-state index in [9.17, 15) is 14.0 Å². The zero-order chi connectivity index (χ0) is 17.1. The molecule has 120 valence electrons. The fraction of sp³-hybridized carbons (Fsp3) is 0.312. The van der Waals surface area contributed by atoms with Crippen molar-refractivity contribution in [3.63, 3.8) is 0 Å². The summed E-state index contributed by atoms with van der Waals surface area (Å²) in [6.45, 7) is 1.65. The van der Waals surface area contributed by atoms with Crippen molar-refractivity contribution < 1.29 is 13.5 Å². The van der Waals surface area contributed by atoms with E-state index < -0.39 is 17.6 Å². The lowest BCUT2D eigenvalue weighted by molar-refractivity contribution is 0.392. The quantitative estimate of drug-likeness (QED) is 0.867. The van der Waals surface area contributed by atoms with Gasteiger partial charge in [0.15, 0.2) is 0 Å². The number of hydrogen-bond acceptors (Lipinski definition) is 5. The Morgan fingerprint density at radius 2 is 1.83 bits per heavy atom. The topological polar surface area (TPSA) is 62.0 Å². The van der Waals surface area contributed by atoms with Gasteiger partial charge in [-0.2, -0.15) is 10.2 Å². The maximum atomic E-state index is 14.1. The third kappa shape index (κ3) is 3.06. The van der Waals surface area contributed by atoms with Crippen molar-refractivity contribution >= 4 is 5.95 Å². The number of nitriles is 1. The van der Waals surface area contributed by atoms with Crippen LogP contribution in [-0.4, -0.2) is 31.2 Å². The lowest BCUT2D eigenvalue weighted by Gasteiger charge is -2.18. The summed E-state index contributed by atoms with van der Waals surface area (Å²) in [5.41, 5.74) is 0.350. The first kappa shape index (κ1) is 16.6. The second-order valence-electron chi connectivity index (χ2n) is 5.13. The Bertz CT molecular complexity index is 751. The molecule has 7 heteroatoms. The van der Waals surface area contributed by atoms with Crippen LogP contribution in [-0.2, 0) is 0 Å². The van der Waals surface area contributed by atoms with Crippen LogP contribution >= 0.6 is 0 Å². The van der Waals surface area contributed by atoms with Crippen molar-refractivity contribution in [2.24, 2.45) is 0 Å². The summed E-state index contributed by atoms with van der Waals surface area (Å²) in [4.78, 5) is 10.1. The molecule has 0 saturated heterocycles. The largest absolute Gasteiger partial charge is 0.481 e.